The van der Waals surface area contributed by atoms with Crippen LogP contribution in [0.15, 0.2) is 12.3 Å². The summed E-state index contributed by atoms with van der Waals surface area (Å²) in [5.41, 5.74) is 1.23. The summed E-state index contributed by atoms with van der Waals surface area (Å²) in [5, 5.41) is 6.77. The monoisotopic (exact) mass is 222 g/mol. The lowest BCUT2D eigenvalue weighted by molar-refractivity contribution is 0.421. The Morgan fingerprint density at radius 1 is 1.25 bits per heavy atom. The zero-order valence-electron chi connectivity index (χ0n) is 10.7. The highest BCUT2D eigenvalue weighted by molar-refractivity contribution is 5.00. The molecular formula is C12H22N4. The molecule has 2 N–H and O–H groups in total. The molecule has 0 bridgehead atoms. The van der Waals surface area contributed by atoms with Gasteiger partial charge in [-0.3, -0.25) is 0 Å². The summed E-state index contributed by atoms with van der Waals surface area (Å²) in [6.45, 7) is 11.1. The molecule has 0 saturated heterocycles. The lowest BCUT2D eigenvalue weighted by Crippen LogP contribution is -2.40. The first-order valence-corrected chi connectivity index (χ1v) is 5.72. The average molecular weight is 222 g/mol. The Labute approximate surface area is 97.9 Å². The molecule has 0 unspecified atom stereocenters. The van der Waals surface area contributed by atoms with E-state index in [1.165, 1.54) is 0 Å². The fourth-order valence-electron chi connectivity index (χ4n) is 1.35. The maximum atomic E-state index is 4.33. The Morgan fingerprint density at radius 3 is 2.62 bits per heavy atom. The third kappa shape index (κ3) is 5.78. The molecule has 0 fully saturated rings. The van der Waals surface area contributed by atoms with Crippen LogP contribution in [0.1, 0.15) is 32.3 Å². The van der Waals surface area contributed by atoms with Gasteiger partial charge >= 0.3 is 0 Å². The van der Waals surface area contributed by atoms with Gasteiger partial charge in [-0.25, -0.2) is 9.97 Å². The maximum Gasteiger partial charge on any atom is 0.125 e. The summed E-state index contributed by atoms with van der Waals surface area (Å²) in [4.78, 5) is 8.39. The number of aromatic nitrogens is 2. The number of hydrogen-bond acceptors (Lipinski definition) is 4. The Bertz CT molecular complexity index is 317. The fourth-order valence-corrected chi connectivity index (χ4v) is 1.35. The third-order valence-corrected chi connectivity index (χ3v) is 2.10. The molecule has 4 nitrogen and oxygen atoms in total. The van der Waals surface area contributed by atoms with Crippen LogP contribution in [0.3, 0.4) is 0 Å². The van der Waals surface area contributed by atoms with E-state index >= 15 is 0 Å². The first kappa shape index (κ1) is 13.1. The van der Waals surface area contributed by atoms with Crippen molar-refractivity contribution in [3.63, 3.8) is 0 Å². The van der Waals surface area contributed by atoms with Crippen molar-refractivity contribution in [2.45, 2.75) is 39.8 Å². The van der Waals surface area contributed by atoms with Crippen LogP contribution in [-0.2, 0) is 6.54 Å². The molecule has 0 aliphatic carbocycles. The SMILES string of the molecule is Cc1nccc(CNCCNC(C)(C)C)n1. The van der Waals surface area contributed by atoms with Crippen molar-refractivity contribution in [1.29, 1.82) is 0 Å². The van der Waals surface area contributed by atoms with E-state index in [0.717, 1.165) is 31.2 Å². The molecule has 0 atom stereocenters. The molecule has 0 aliphatic rings. The second-order valence-corrected chi connectivity index (χ2v) is 4.95. The van der Waals surface area contributed by atoms with Crippen molar-refractivity contribution in [2.24, 2.45) is 0 Å². The highest BCUT2D eigenvalue weighted by Crippen LogP contribution is 1.96. The highest BCUT2D eigenvalue weighted by atomic mass is 15.0. The highest BCUT2D eigenvalue weighted by Gasteiger charge is 2.06. The standard InChI is InChI=1S/C12H22N4/c1-10-14-6-5-11(16-10)9-13-7-8-15-12(2,3)4/h5-6,13,15H,7-9H2,1-4H3. The van der Waals surface area contributed by atoms with E-state index in [-0.39, 0.29) is 5.54 Å². The van der Waals surface area contributed by atoms with E-state index in [1.807, 2.05) is 13.0 Å². The first-order chi connectivity index (χ1) is 7.47. The Kier molecular flexibility index (Phi) is 4.83. The van der Waals surface area contributed by atoms with Crippen LogP contribution in [0.4, 0.5) is 0 Å². The molecule has 1 aromatic rings. The minimum absolute atomic E-state index is 0.188. The minimum atomic E-state index is 0.188. The molecule has 0 radical (unpaired) electrons. The lowest BCUT2D eigenvalue weighted by Gasteiger charge is -2.20. The topological polar surface area (TPSA) is 49.8 Å². The van der Waals surface area contributed by atoms with Gasteiger partial charge in [0.15, 0.2) is 0 Å². The Hall–Kier alpha value is -1.00. The molecule has 0 spiro atoms. The van der Waals surface area contributed by atoms with Gasteiger partial charge in [0.1, 0.15) is 5.82 Å². The normalized spacial score (nSPS) is 11.8. The molecule has 0 saturated carbocycles. The molecular weight excluding hydrogens is 200 g/mol. The third-order valence-electron chi connectivity index (χ3n) is 2.10. The van der Waals surface area contributed by atoms with Crippen LogP contribution in [0.5, 0.6) is 0 Å². The average Bonchev–Trinajstić information content (AvgIpc) is 2.15. The van der Waals surface area contributed by atoms with Crippen molar-refractivity contribution >= 4 is 0 Å². The zero-order chi connectivity index (χ0) is 12.0. The maximum absolute atomic E-state index is 4.33. The molecule has 0 aromatic carbocycles. The van der Waals surface area contributed by atoms with Gasteiger partial charge in [0.2, 0.25) is 0 Å². The quantitative estimate of drug-likeness (QED) is 0.737. The van der Waals surface area contributed by atoms with Crippen molar-refractivity contribution < 1.29 is 0 Å². The van der Waals surface area contributed by atoms with Gasteiger partial charge < -0.3 is 10.6 Å². The van der Waals surface area contributed by atoms with Gasteiger partial charge in [-0.15, -0.1) is 0 Å². The lowest BCUT2D eigenvalue weighted by atomic mass is 10.1. The fraction of sp³-hybridized carbons (Fsp3) is 0.667. The van der Waals surface area contributed by atoms with Crippen LogP contribution < -0.4 is 10.6 Å². The van der Waals surface area contributed by atoms with Crippen LogP contribution >= 0.6 is 0 Å². The number of aryl methyl sites for hydroxylation is 1. The second kappa shape index (κ2) is 5.92. The van der Waals surface area contributed by atoms with Gasteiger partial charge in [0, 0.05) is 31.4 Å². The van der Waals surface area contributed by atoms with Crippen LogP contribution in [0.25, 0.3) is 0 Å². The van der Waals surface area contributed by atoms with Crippen LogP contribution in [0, 0.1) is 6.92 Å². The van der Waals surface area contributed by atoms with E-state index in [0.29, 0.717) is 0 Å². The summed E-state index contributed by atoms with van der Waals surface area (Å²) in [5.74, 6) is 0.826. The summed E-state index contributed by atoms with van der Waals surface area (Å²) in [7, 11) is 0. The summed E-state index contributed by atoms with van der Waals surface area (Å²) in [6, 6.07) is 1.94. The van der Waals surface area contributed by atoms with Crippen LogP contribution in [-0.4, -0.2) is 28.6 Å². The van der Waals surface area contributed by atoms with E-state index in [4.69, 9.17) is 0 Å². The molecule has 90 valence electrons. The number of nitrogens with one attached hydrogen (secondary N) is 2. The van der Waals surface area contributed by atoms with Gasteiger partial charge in [-0.2, -0.15) is 0 Å². The van der Waals surface area contributed by atoms with Gasteiger partial charge in [-0.1, -0.05) is 0 Å². The predicted octanol–water partition coefficient (Wildman–Crippen LogP) is 1.26. The van der Waals surface area contributed by atoms with E-state index in [2.05, 4.69) is 41.4 Å². The largest absolute Gasteiger partial charge is 0.311 e. The predicted molar refractivity (Wildman–Crippen MR) is 66.2 cm³/mol. The van der Waals surface area contributed by atoms with Gasteiger partial charge in [0.25, 0.3) is 0 Å². The van der Waals surface area contributed by atoms with Crippen molar-refractivity contribution in [3.8, 4) is 0 Å². The summed E-state index contributed by atoms with van der Waals surface area (Å²) in [6.07, 6.45) is 1.80. The smallest absolute Gasteiger partial charge is 0.125 e. The summed E-state index contributed by atoms with van der Waals surface area (Å²) < 4.78 is 0. The molecule has 4 heteroatoms. The molecule has 0 aliphatic heterocycles. The number of nitrogens with zero attached hydrogens (tertiary/aromatic N) is 2. The number of hydrogen-bond donors (Lipinski definition) is 2. The second-order valence-electron chi connectivity index (χ2n) is 4.95. The Balaban J connectivity index is 2.17. The first-order valence-electron chi connectivity index (χ1n) is 5.72. The van der Waals surface area contributed by atoms with Crippen molar-refractivity contribution in [1.82, 2.24) is 20.6 Å². The minimum Gasteiger partial charge on any atom is -0.311 e. The molecule has 1 rings (SSSR count). The van der Waals surface area contributed by atoms with Gasteiger partial charge in [0.05, 0.1) is 5.69 Å². The zero-order valence-corrected chi connectivity index (χ0v) is 10.7. The number of rotatable bonds is 5. The van der Waals surface area contributed by atoms with E-state index in [1.54, 1.807) is 6.20 Å². The van der Waals surface area contributed by atoms with Crippen molar-refractivity contribution in [2.75, 3.05) is 13.1 Å². The molecule has 1 heterocycles. The van der Waals surface area contributed by atoms with Crippen molar-refractivity contribution in [3.05, 3.63) is 23.8 Å². The molecule has 16 heavy (non-hydrogen) atoms. The van der Waals surface area contributed by atoms with Crippen LogP contribution in [0.2, 0.25) is 0 Å². The summed E-state index contributed by atoms with van der Waals surface area (Å²) >= 11 is 0. The van der Waals surface area contributed by atoms with E-state index < -0.39 is 0 Å². The molecule has 1 aromatic heterocycles. The molecule has 0 amide bonds. The van der Waals surface area contributed by atoms with E-state index in [9.17, 15) is 0 Å². The Morgan fingerprint density at radius 2 is 2.00 bits per heavy atom. The van der Waals surface area contributed by atoms with Gasteiger partial charge in [-0.05, 0) is 33.8 Å².